The molecule has 138 valence electrons. The van der Waals surface area contributed by atoms with E-state index in [1.807, 2.05) is 55.5 Å². The summed E-state index contributed by atoms with van der Waals surface area (Å²) in [6.07, 6.45) is 4.94. The standard InChI is InChI=1S/C21H20BrN3O2/c1-2-27-19-10-5-16(6-11-19)7-12-21(26)24-20-13-14-23-25(20)15-17-3-8-18(22)9-4-17/h3-14H,2,15H2,1H3,(H,24,26)/b12-7+. The normalized spacial score (nSPS) is 10.9. The Morgan fingerprint density at radius 1 is 1.15 bits per heavy atom. The van der Waals surface area contributed by atoms with E-state index in [1.165, 1.54) is 6.08 Å². The Morgan fingerprint density at radius 3 is 2.59 bits per heavy atom. The monoisotopic (exact) mass is 425 g/mol. The number of nitrogens with zero attached hydrogens (tertiary/aromatic N) is 2. The Balaban J connectivity index is 1.61. The van der Waals surface area contributed by atoms with Gasteiger partial charge >= 0.3 is 0 Å². The van der Waals surface area contributed by atoms with E-state index in [-0.39, 0.29) is 5.91 Å². The SMILES string of the molecule is CCOc1ccc(/C=C/C(=O)Nc2ccnn2Cc2ccc(Br)cc2)cc1. The molecule has 0 saturated carbocycles. The first-order chi connectivity index (χ1) is 13.1. The van der Waals surface area contributed by atoms with Crippen molar-refractivity contribution >= 4 is 33.7 Å². The maximum atomic E-state index is 12.2. The number of anilines is 1. The topological polar surface area (TPSA) is 56.1 Å². The fourth-order valence-corrected chi connectivity index (χ4v) is 2.77. The number of carbonyl (C=O) groups excluding carboxylic acids is 1. The van der Waals surface area contributed by atoms with Crippen molar-refractivity contribution < 1.29 is 9.53 Å². The second-order valence-corrected chi connectivity index (χ2v) is 6.74. The van der Waals surface area contributed by atoms with Crippen LogP contribution in [-0.4, -0.2) is 22.3 Å². The molecule has 0 aliphatic rings. The van der Waals surface area contributed by atoms with Crippen molar-refractivity contribution in [3.63, 3.8) is 0 Å². The highest BCUT2D eigenvalue weighted by Gasteiger charge is 2.06. The zero-order valence-corrected chi connectivity index (χ0v) is 16.5. The van der Waals surface area contributed by atoms with Gasteiger partial charge in [0.25, 0.3) is 0 Å². The zero-order valence-electron chi connectivity index (χ0n) is 14.9. The summed E-state index contributed by atoms with van der Waals surface area (Å²) in [7, 11) is 0. The summed E-state index contributed by atoms with van der Waals surface area (Å²) in [5, 5.41) is 7.15. The molecule has 3 aromatic rings. The van der Waals surface area contributed by atoms with Gasteiger partial charge in [-0.25, -0.2) is 4.68 Å². The third-order valence-corrected chi connectivity index (χ3v) is 4.36. The van der Waals surface area contributed by atoms with Gasteiger partial charge in [0.2, 0.25) is 5.91 Å². The van der Waals surface area contributed by atoms with Crippen molar-refractivity contribution in [3.8, 4) is 5.75 Å². The molecule has 0 aliphatic heterocycles. The third-order valence-electron chi connectivity index (χ3n) is 3.83. The highest BCUT2D eigenvalue weighted by Crippen LogP contribution is 2.15. The summed E-state index contributed by atoms with van der Waals surface area (Å²) in [4.78, 5) is 12.2. The largest absolute Gasteiger partial charge is 0.494 e. The number of hydrogen-bond donors (Lipinski definition) is 1. The Bertz CT molecular complexity index is 915. The number of rotatable bonds is 7. The summed E-state index contributed by atoms with van der Waals surface area (Å²) in [6, 6.07) is 17.4. The lowest BCUT2D eigenvalue weighted by atomic mass is 10.2. The summed E-state index contributed by atoms with van der Waals surface area (Å²) < 4.78 is 8.19. The third kappa shape index (κ3) is 5.56. The van der Waals surface area contributed by atoms with Crippen LogP contribution in [-0.2, 0) is 11.3 Å². The number of halogens is 1. The minimum absolute atomic E-state index is 0.207. The molecule has 1 aromatic heterocycles. The molecule has 0 unspecified atom stereocenters. The molecule has 27 heavy (non-hydrogen) atoms. The van der Waals surface area contributed by atoms with Gasteiger partial charge in [-0.3, -0.25) is 4.79 Å². The highest BCUT2D eigenvalue weighted by atomic mass is 79.9. The molecule has 0 radical (unpaired) electrons. The molecule has 0 saturated heterocycles. The fourth-order valence-electron chi connectivity index (χ4n) is 2.51. The van der Waals surface area contributed by atoms with Crippen LogP contribution in [0.2, 0.25) is 0 Å². The minimum atomic E-state index is -0.207. The Labute approximate surface area is 166 Å². The number of aromatic nitrogens is 2. The number of nitrogens with one attached hydrogen (secondary N) is 1. The average Bonchev–Trinajstić information content (AvgIpc) is 3.10. The predicted molar refractivity (Wildman–Crippen MR) is 111 cm³/mol. The summed E-state index contributed by atoms with van der Waals surface area (Å²) in [6.45, 7) is 3.16. The van der Waals surface area contributed by atoms with Crippen molar-refractivity contribution in [2.24, 2.45) is 0 Å². The van der Waals surface area contributed by atoms with Gasteiger partial charge in [0.05, 0.1) is 19.3 Å². The summed E-state index contributed by atoms with van der Waals surface area (Å²) in [5.41, 5.74) is 2.03. The van der Waals surface area contributed by atoms with Crippen molar-refractivity contribution in [1.29, 1.82) is 0 Å². The van der Waals surface area contributed by atoms with Crippen molar-refractivity contribution in [2.45, 2.75) is 13.5 Å². The van der Waals surface area contributed by atoms with Gasteiger partial charge in [0.1, 0.15) is 11.6 Å². The van der Waals surface area contributed by atoms with E-state index < -0.39 is 0 Å². The molecule has 6 heteroatoms. The van der Waals surface area contributed by atoms with E-state index in [4.69, 9.17) is 4.74 Å². The van der Waals surface area contributed by atoms with Crippen molar-refractivity contribution in [3.05, 3.63) is 82.5 Å². The molecule has 1 heterocycles. The molecule has 0 atom stereocenters. The van der Waals surface area contributed by atoms with Crippen molar-refractivity contribution in [2.75, 3.05) is 11.9 Å². The summed E-state index contributed by atoms with van der Waals surface area (Å²) in [5.74, 6) is 1.26. The van der Waals surface area contributed by atoms with Gasteiger partial charge < -0.3 is 10.1 Å². The highest BCUT2D eigenvalue weighted by molar-refractivity contribution is 9.10. The van der Waals surface area contributed by atoms with Crippen LogP contribution in [0.15, 0.2) is 71.3 Å². The van der Waals surface area contributed by atoms with E-state index in [1.54, 1.807) is 23.0 Å². The quantitative estimate of drug-likeness (QED) is 0.555. The first-order valence-corrected chi connectivity index (χ1v) is 9.41. The van der Waals surface area contributed by atoms with Crippen LogP contribution < -0.4 is 10.1 Å². The molecule has 2 aromatic carbocycles. The van der Waals surface area contributed by atoms with Gasteiger partial charge in [-0.1, -0.05) is 40.2 Å². The number of hydrogen-bond acceptors (Lipinski definition) is 3. The average molecular weight is 426 g/mol. The molecule has 1 amide bonds. The minimum Gasteiger partial charge on any atom is -0.494 e. The first-order valence-electron chi connectivity index (χ1n) is 8.62. The Morgan fingerprint density at radius 2 is 1.89 bits per heavy atom. The maximum Gasteiger partial charge on any atom is 0.249 e. The Kier molecular flexibility index (Phi) is 6.44. The summed E-state index contributed by atoms with van der Waals surface area (Å²) >= 11 is 3.42. The lowest BCUT2D eigenvalue weighted by Crippen LogP contribution is -2.13. The van der Waals surface area contributed by atoms with Gasteiger partial charge in [-0.2, -0.15) is 5.10 Å². The maximum absolute atomic E-state index is 12.2. The van der Waals surface area contributed by atoms with Crippen LogP contribution in [0.3, 0.4) is 0 Å². The smallest absolute Gasteiger partial charge is 0.249 e. The molecule has 0 bridgehead atoms. The second kappa shape index (κ2) is 9.19. The van der Waals surface area contributed by atoms with E-state index >= 15 is 0 Å². The molecule has 1 N–H and O–H groups in total. The molecule has 0 spiro atoms. The zero-order chi connectivity index (χ0) is 19.1. The molecular weight excluding hydrogens is 406 g/mol. The first kappa shape index (κ1) is 18.9. The number of carbonyl (C=O) groups is 1. The van der Waals surface area contributed by atoms with E-state index in [0.29, 0.717) is 19.0 Å². The lowest BCUT2D eigenvalue weighted by Gasteiger charge is -2.08. The van der Waals surface area contributed by atoms with Gasteiger partial charge in [-0.15, -0.1) is 0 Å². The van der Waals surface area contributed by atoms with Crippen LogP contribution in [0.5, 0.6) is 5.75 Å². The molecule has 5 nitrogen and oxygen atoms in total. The van der Waals surface area contributed by atoms with Gasteiger partial charge in [0.15, 0.2) is 0 Å². The van der Waals surface area contributed by atoms with Gasteiger partial charge in [-0.05, 0) is 48.4 Å². The van der Waals surface area contributed by atoms with Gasteiger partial charge in [0, 0.05) is 16.6 Å². The van der Waals surface area contributed by atoms with E-state index in [0.717, 1.165) is 21.3 Å². The number of ether oxygens (including phenoxy) is 1. The van der Waals surface area contributed by atoms with E-state index in [9.17, 15) is 4.79 Å². The Hall–Kier alpha value is -2.86. The van der Waals surface area contributed by atoms with E-state index in [2.05, 4.69) is 26.3 Å². The van der Waals surface area contributed by atoms with Crippen LogP contribution in [0, 0.1) is 0 Å². The van der Waals surface area contributed by atoms with Crippen LogP contribution in [0.25, 0.3) is 6.08 Å². The van der Waals surface area contributed by atoms with Crippen LogP contribution in [0.4, 0.5) is 5.82 Å². The van der Waals surface area contributed by atoms with Crippen molar-refractivity contribution in [1.82, 2.24) is 9.78 Å². The number of benzene rings is 2. The molecule has 0 aliphatic carbocycles. The lowest BCUT2D eigenvalue weighted by molar-refractivity contribution is -0.111. The molecular formula is C21H20BrN3O2. The molecule has 3 rings (SSSR count). The number of amides is 1. The van der Waals surface area contributed by atoms with Crippen LogP contribution in [0.1, 0.15) is 18.1 Å². The molecule has 0 fully saturated rings. The fraction of sp³-hybridized carbons (Fsp3) is 0.143. The second-order valence-electron chi connectivity index (χ2n) is 5.83. The van der Waals surface area contributed by atoms with Crippen LogP contribution >= 0.6 is 15.9 Å². The predicted octanol–water partition coefficient (Wildman–Crippen LogP) is 4.74.